The molecule has 0 unspecified atom stereocenters. The topological polar surface area (TPSA) is 74.2 Å². The van der Waals surface area contributed by atoms with E-state index in [2.05, 4.69) is 36.4 Å². The van der Waals surface area contributed by atoms with E-state index in [-0.39, 0.29) is 23.5 Å². The molecule has 0 saturated carbocycles. The van der Waals surface area contributed by atoms with E-state index < -0.39 is 0 Å². The van der Waals surface area contributed by atoms with Crippen molar-refractivity contribution in [2.45, 2.75) is 59.4 Å². The van der Waals surface area contributed by atoms with Crippen molar-refractivity contribution in [1.82, 2.24) is 15.6 Å². The van der Waals surface area contributed by atoms with Gasteiger partial charge in [-0.25, -0.2) is 9.78 Å². The summed E-state index contributed by atoms with van der Waals surface area (Å²) in [6, 6.07) is -0.174. The molecule has 0 aliphatic heterocycles. The van der Waals surface area contributed by atoms with E-state index >= 15 is 0 Å². The number of aromatic nitrogens is 1. The van der Waals surface area contributed by atoms with Crippen LogP contribution >= 0.6 is 11.3 Å². The number of rotatable bonds is 7. The average molecular weight is 327 g/mol. The summed E-state index contributed by atoms with van der Waals surface area (Å²) in [7, 11) is 0. The normalized spacial score (nSPS) is 12.3. The number of nitrogens with one attached hydrogen (secondary N) is 2. The number of urea groups is 1. The first-order chi connectivity index (χ1) is 10.1. The van der Waals surface area contributed by atoms with Gasteiger partial charge in [-0.1, -0.05) is 34.6 Å². The first-order valence-corrected chi connectivity index (χ1v) is 8.59. The second kappa shape index (κ2) is 7.92. The maximum Gasteiger partial charge on any atom is 0.315 e. The molecule has 3 N–H and O–H groups in total. The monoisotopic (exact) mass is 327 g/mol. The summed E-state index contributed by atoms with van der Waals surface area (Å²) in [5.74, 6) is 0. The predicted octanol–water partition coefficient (Wildman–Crippen LogP) is 3.04. The van der Waals surface area contributed by atoms with E-state index in [0.29, 0.717) is 13.1 Å². The zero-order chi connectivity index (χ0) is 16.8. The molecule has 0 aromatic carbocycles. The van der Waals surface area contributed by atoms with Crippen molar-refractivity contribution in [3.05, 3.63) is 16.1 Å². The molecule has 0 fully saturated rings. The molecule has 1 aromatic heterocycles. The molecule has 126 valence electrons. The molecule has 2 amide bonds. The van der Waals surface area contributed by atoms with Gasteiger partial charge in [0.05, 0.1) is 17.2 Å². The third kappa shape index (κ3) is 6.75. The van der Waals surface area contributed by atoms with Crippen LogP contribution in [0.25, 0.3) is 0 Å². The molecule has 5 nitrogen and oxygen atoms in total. The minimum absolute atomic E-state index is 0.0463. The molecule has 1 aromatic rings. The van der Waals surface area contributed by atoms with Crippen molar-refractivity contribution in [2.75, 3.05) is 13.2 Å². The molecule has 1 heterocycles. The molecule has 6 heteroatoms. The van der Waals surface area contributed by atoms with Gasteiger partial charge in [0.1, 0.15) is 0 Å². The van der Waals surface area contributed by atoms with E-state index in [1.807, 2.05) is 19.2 Å². The lowest BCUT2D eigenvalue weighted by molar-refractivity contribution is 0.148. The third-order valence-electron chi connectivity index (χ3n) is 3.37. The van der Waals surface area contributed by atoms with Gasteiger partial charge in [0.25, 0.3) is 0 Å². The zero-order valence-corrected chi connectivity index (χ0v) is 15.1. The SMILES string of the molecule is CC(C)(CO)CCCNC(=O)NCc1csc(C(C)(C)C)n1. The molecule has 0 bridgehead atoms. The number of amides is 2. The Balaban J connectivity index is 2.25. The van der Waals surface area contributed by atoms with Gasteiger partial charge in [-0.15, -0.1) is 11.3 Å². The van der Waals surface area contributed by atoms with Gasteiger partial charge < -0.3 is 15.7 Å². The minimum Gasteiger partial charge on any atom is -0.396 e. The maximum atomic E-state index is 11.7. The smallest absolute Gasteiger partial charge is 0.315 e. The highest BCUT2D eigenvalue weighted by molar-refractivity contribution is 7.09. The van der Waals surface area contributed by atoms with Crippen LogP contribution < -0.4 is 10.6 Å². The largest absolute Gasteiger partial charge is 0.396 e. The van der Waals surface area contributed by atoms with Crippen molar-refractivity contribution in [2.24, 2.45) is 5.41 Å². The average Bonchev–Trinajstić information content (AvgIpc) is 2.90. The molecule has 0 saturated heterocycles. The molecule has 0 spiro atoms. The number of thiazole rings is 1. The summed E-state index contributed by atoms with van der Waals surface area (Å²) in [6.45, 7) is 11.6. The number of carbonyl (C=O) groups is 1. The minimum atomic E-state index is -0.174. The van der Waals surface area contributed by atoms with Crippen LogP contribution in [0, 0.1) is 5.41 Å². The summed E-state index contributed by atoms with van der Waals surface area (Å²) >= 11 is 1.63. The molecule has 0 aliphatic rings. The number of hydrogen-bond acceptors (Lipinski definition) is 4. The third-order valence-corrected chi connectivity index (χ3v) is 4.68. The Bertz CT molecular complexity index is 478. The van der Waals surface area contributed by atoms with Crippen molar-refractivity contribution >= 4 is 17.4 Å². The quantitative estimate of drug-likeness (QED) is 0.674. The lowest BCUT2D eigenvalue weighted by Crippen LogP contribution is -2.36. The molecule has 0 radical (unpaired) electrons. The number of nitrogens with zero attached hydrogens (tertiary/aromatic N) is 1. The molecular weight excluding hydrogens is 298 g/mol. The summed E-state index contributed by atoms with van der Waals surface area (Å²) in [4.78, 5) is 16.3. The Kier molecular flexibility index (Phi) is 6.81. The van der Waals surface area contributed by atoms with Gasteiger partial charge >= 0.3 is 6.03 Å². The Morgan fingerprint density at radius 3 is 2.50 bits per heavy atom. The molecule has 1 rings (SSSR count). The second-order valence-corrected chi connectivity index (χ2v) is 8.29. The van der Waals surface area contributed by atoms with Gasteiger partial charge in [0.15, 0.2) is 0 Å². The fraction of sp³-hybridized carbons (Fsp3) is 0.750. The fourth-order valence-corrected chi connectivity index (χ4v) is 2.72. The van der Waals surface area contributed by atoms with Gasteiger partial charge in [-0.3, -0.25) is 0 Å². The van der Waals surface area contributed by atoms with E-state index in [1.165, 1.54) is 0 Å². The van der Waals surface area contributed by atoms with Crippen molar-refractivity contribution in [3.8, 4) is 0 Å². The van der Waals surface area contributed by atoms with Gasteiger partial charge in [0.2, 0.25) is 0 Å². The first kappa shape index (κ1) is 18.9. The van der Waals surface area contributed by atoms with Gasteiger partial charge in [-0.05, 0) is 18.3 Å². The van der Waals surface area contributed by atoms with E-state index in [1.54, 1.807) is 11.3 Å². The van der Waals surface area contributed by atoms with Crippen LogP contribution in [0.5, 0.6) is 0 Å². The second-order valence-electron chi connectivity index (χ2n) is 7.43. The molecular formula is C16H29N3O2S. The summed E-state index contributed by atoms with van der Waals surface area (Å²) in [6.07, 6.45) is 1.73. The number of hydrogen-bond donors (Lipinski definition) is 3. The van der Waals surface area contributed by atoms with E-state index in [0.717, 1.165) is 23.5 Å². The summed E-state index contributed by atoms with van der Waals surface area (Å²) in [5, 5.41) is 17.9. The highest BCUT2D eigenvalue weighted by Gasteiger charge is 2.18. The van der Waals surface area contributed by atoms with Gasteiger partial charge in [0, 0.05) is 23.9 Å². The van der Waals surface area contributed by atoms with Crippen molar-refractivity contribution in [1.29, 1.82) is 0 Å². The van der Waals surface area contributed by atoms with Crippen LogP contribution in [0.15, 0.2) is 5.38 Å². The van der Waals surface area contributed by atoms with Crippen LogP contribution in [0.1, 0.15) is 58.2 Å². The Hall–Kier alpha value is -1.14. The van der Waals surface area contributed by atoms with Crippen LogP contribution in [-0.2, 0) is 12.0 Å². The first-order valence-electron chi connectivity index (χ1n) is 7.71. The van der Waals surface area contributed by atoms with Crippen LogP contribution in [0.4, 0.5) is 4.79 Å². The van der Waals surface area contributed by atoms with E-state index in [4.69, 9.17) is 5.11 Å². The Morgan fingerprint density at radius 1 is 1.27 bits per heavy atom. The number of aliphatic hydroxyl groups excluding tert-OH is 1. The van der Waals surface area contributed by atoms with E-state index in [9.17, 15) is 4.79 Å². The standard InChI is InChI=1S/C16H29N3O2S/c1-15(2,3)13-19-12(10-22-13)9-18-14(21)17-8-6-7-16(4,5)11-20/h10,20H,6-9,11H2,1-5H3,(H2,17,18,21). The highest BCUT2D eigenvalue weighted by Crippen LogP contribution is 2.25. The summed E-state index contributed by atoms with van der Waals surface area (Å²) in [5.41, 5.74) is 0.860. The van der Waals surface area contributed by atoms with Crippen LogP contribution in [0.2, 0.25) is 0 Å². The van der Waals surface area contributed by atoms with Gasteiger partial charge in [-0.2, -0.15) is 0 Å². The highest BCUT2D eigenvalue weighted by atomic mass is 32.1. The van der Waals surface area contributed by atoms with Crippen LogP contribution in [-0.4, -0.2) is 29.3 Å². The molecule has 0 atom stereocenters. The number of carbonyl (C=O) groups excluding carboxylic acids is 1. The molecule has 22 heavy (non-hydrogen) atoms. The molecule has 0 aliphatic carbocycles. The Labute approximate surface area is 137 Å². The Morgan fingerprint density at radius 2 is 1.95 bits per heavy atom. The number of aliphatic hydroxyl groups is 1. The maximum absolute atomic E-state index is 11.7. The van der Waals surface area contributed by atoms with Crippen LogP contribution in [0.3, 0.4) is 0 Å². The zero-order valence-electron chi connectivity index (χ0n) is 14.3. The fourth-order valence-electron chi connectivity index (χ4n) is 1.81. The predicted molar refractivity (Wildman–Crippen MR) is 91.2 cm³/mol. The lowest BCUT2D eigenvalue weighted by Gasteiger charge is -2.21. The lowest BCUT2D eigenvalue weighted by atomic mass is 9.89. The van der Waals surface area contributed by atoms with Crippen molar-refractivity contribution < 1.29 is 9.90 Å². The summed E-state index contributed by atoms with van der Waals surface area (Å²) < 4.78 is 0. The van der Waals surface area contributed by atoms with Crippen molar-refractivity contribution in [3.63, 3.8) is 0 Å².